The molecule has 0 saturated carbocycles. The third-order valence-corrected chi connectivity index (χ3v) is 3.29. The van der Waals surface area contributed by atoms with Gasteiger partial charge >= 0.3 is 0 Å². The van der Waals surface area contributed by atoms with Crippen molar-refractivity contribution < 1.29 is 9.59 Å². The van der Waals surface area contributed by atoms with E-state index in [4.69, 9.17) is 0 Å². The molecule has 0 saturated heterocycles. The largest absolute Gasteiger partial charge is 0.300 e. The maximum absolute atomic E-state index is 11.0. The minimum atomic E-state index is 0.171. The van der Waals surface area contributed by atoms with E-state index in [0.717, 1.165) is 12.0 Å². The third-order valence-electron chi connectivity index (χ3n) is 3.29. The number of ketones is 2. The number of hydrogen-bond acceptors (Lipinski definition) is 2. The van der Waals surface area contributed by atoms with Crippen LogP contribution in [0.3, 0.4) is 0 Å². The molecular formula is C16H22O2. The lowest BCUT2D eigenvalue weighted by Gasteiger charge is -2.00. The van der Waals surface area contributed by atoms with Gasteiger partial charge in [0.1, 0.15) is 5.78 Å². The third kappa shape index (κ3) is 4.10. The zero-order valence-corrected chi connectivity index (χ0v) is 11.6. The van der Waals surface area contributed by atoms with E-state index in [-0.39, 0.29) is 5.78 Å². The molecule has 1 aromatic rings. The number of aryl methyl sites for hydroxylation is 2. The number of rotatable bonds is 3. The second-order valence-electron chi connectivity index (χ2n) is 4.64. The van der Waals surface area contributed by atoms with E-state index in [0.29, 0.717) is 18.6 Å². The Morgan fingerprint density at radius 3 is 2.17 bits per heavy atom. The lowest BCUT2D eigenvalue weighted by molar-refractivity contribution is -0.118. The number of fused-ring (bicyclic) bond motifs is 1. The van der Waals surface area contributed by atoms with E-state index in [1.807, 2.05) is 26.0 Å². The summed E-state index contributed by atoms with van der Waals surface area (Å²) in [7, 11) is 0. The minimum Gasteiger partial charge on any atom is -0.300 e. The zero-order chi connectivity index (χ0) is 13.5. The summed E-state index contributed by atoms with van der Waals surface area (Å²) < 4.78 is 0. The summed E-state index contributed by atoms with van der Waals surface area (Å²) in [6, 6.07) is 6.08. The van der Waals surface area contributed by atoms with Gasteiger partial charge in [-0.15, -0.1) is 0 Å². The van der Waals surface area contributed by atoms with Crippen LogP contribution in [0.25, 0.3) is 0 Å². The molecule has 0 bridgehead atoms. The fourth-order valence-electron chi connectivity index (χ4n) is 2.04. The Bertz CT molecular complexity index is 427. The highest BCUT2D eigenvalue weighted by Gasteiger charge is 2.11. The Morgan fingerprint density at radius 2 is 1.67 bits per heavy atom. The quantitative estimate of drug-likeness (QED) is 0.761. The van der Waals surface area contributed by atoms with E-state index in [1.54, 1.807) is 6.92 Å². The molecular weight excluding hydrogens is 224 g/mol. The Balaban J connectivity index is 0.000000232. The fraction of sp³-hybridized carbons (Fsp3) is 0.500. The molecule has 0 aromatic heterocycles. The average Bonchev–Trinajstić information content (AvgIpc) is 2.85. The first-order valence-corrected chi connectivity index (χ1v) is 6.72. The minimum absolute atomic E-state index is 0.171. The molecule has 0 N–H and O–H groups in total. The van der Waals surface area contributed by atoms with Gasteiger partial charge in [-0.2, -0.15) is 0 Å². The highest BCUT2D eigenvalue weighted by Crippen LogP contribution is 2.22. The first kappa shape index (κ1) is 14.6. The Morgan fingerprint density at radius 1 is 1.06 bits per heavy atom. The molecule has 2 nitrogen and oxygen atoms in total. The van der Waals surface area contributed by atoms with Crippen LogP contribution in [0.2, 0.25) is 0 Å². The van der Waals surface area contributed by atoms with E-state index in [9.17, 15) is 9.59 Å². The first-order valence-electron chi connectivity index (χ1n) is 6.72. The fourth-order valence-corrected chi connectivity index (χ4v) is 2.04. The van der Waals surface area contributed by atoms with Crippen LogP contribution < -0.4 is 0 Å². The normalized spacial score (nSPS) is 12.4. The smallest absolute Gasteiger partial charge is 0.159 e. The molecule has 98 valence electrons. The van der Waals surface area contributed by atoms with Crippen molar-refractivity contribution in [3.63, 3.8) is 0 Å². The van der Waals surface area contributed by atoms with Crippen LogP contribution in [0.15, 0.2) is 18.2 Å². The molecule has 1 aliphatic rings. The Hall–Kier alpha value is -1.44. The molecule has 0 aliphatic heterocycles. The Kier molecular flexibility index (Phi) is 5.76. The zero-order valence-electron chi connectivity index (χ0n) is 11.6. The molecule has 0 amide bonds. The summed E-state index contributed by atoms with van der Waals surface area (Å²) in [5, 5.41) is 0. The molecule has 0 unspecified atom stereocenters. The first-order chi connectivity index (χ1) is 8.58. The van der Waals surface area contributed by atoms with Gasteiger partial charge in [0.25, 0.3) is 0 Å². The average molecular weight is 246 g/mol. The lowest BCUT2D eigenvalue weighted by atomic mass is 10.0. The van der Waals surface area contributed by atoms with Crippen molar-refractivity contribution in [1.82, 2.24) is 0 Å². The summed E-state index contributed by atoms with van der Waals surface area (Å²) in [6.07, 6.45) is 4.97. The van der Waals surface area contributed by atoms with Gasteiger partial charge in [0.05, 0.1) is 0 Å². The van der Waals surface area contributed by atoms with Crippen molar-refractivity contribution in [2.75, 3.05) is 0 Å². The van der Waals surface area contributed by atoms with Crippen LogP contribution in [0, 0.1) is 0 Å². The summed E-state index contributed by atoms with van der Waals surface area (Å²) in [5.41, 5.74) is 3.67. The topological polar surface area (TPSA) is 34.1 Å². The summed E-state index contributed by atoms with van der Waals surface area (Å²) in [6.45, 7) is 5.38. The molecule has 0 heterocycles. The summed E-state index contributed by atoms with van der Waals surface area (Å²) in [4.78, 5) is 21.2. The van der Waals surface area contributed by atoms with Gasteiger partial charge in [-0.05, 0) is 43.4 Å². The van der Waals surface area contributed by atoms with Crippen molar-refractivity contribution >= 4 is 11.6 Å². The lowest BCUT2D eigenvalue weighted by Crippen LogP contribution is -1.93. The molecule has 1 aromatic carbocycles. The van der Waals surface area contributed by atoms with E-state index in [1.165, 1.54) is 24.0 Å². The maximum atomic E-state index is 11.0. The predicted molar refractivity (Wildman–Crippen MR) is 74.1 cm³/mol. The molecule has 0 radical (unpaired) electrons. The van der Waals surface area contributed by atoms with Crippen LogP contribution in [-0.4, -0.2) is 11.6 Å². The standard InChI is InChI=1S/C11H12O.C5H10O/c1-8(12)10-6-5-9-3-2-4-11(9)7-10;1-3-5(6)4-2/h5-7H,2-4H2,1H3;3-4H2,1-2H3. The van der Waals surface area contributed by atoms with Crippen LogP contribution in [0.5, 0.6) is 0 Å². The van der Waals surface area contributed by atoms with Crippen molar-refractivity contribution in [2.24, 2.45) is 0 Å². The molecule has 18 heavy (non-hydrogen) atoms. The van der Waals surface area contributed by atoms with Crippen molar-refractivity contribution in [3.8, 4) is 0 Å². The van der Waals surface area contributed by atoms with E-state index in [2.05, 4.69) is 6.07 Å². The van der Waals surface area contributed by atoms with Crippen LogP contribution in [0.4, 0.5) is 0 Å². The van der Waals surface area contributed by atoms with E-state index >= 15 is 0 Å². The highest BCUT2D eigenvalue weighted by molar-refractivity contribution is 5.94. The molecule has 2 heteroatoms. The van der Waals surface area contributed by atoms with Crippen LogP contribution in [-0.2, 0) is 17.6 Å². The SMILES string of the molecule is CC(=O)c1ccc2c(c1)CCC2.CCC(=O)CC. The molecule has 0 atom stereocenters. The van der Waals surface area contributed by atoms with Gasteiger partial charge in [0.2, 0.25) is 0 Å². The van der Waals surface area contributed by atoms with Crippen molar-refractivity contribution in [1.29, 1.82) is 0 Å². The number of benzene rings is 1. The monoisotopic (exact) mass is 246 g/mol. The van der Waals surface area contributed by atoms with Crippen molar-refractivity contribution in [2.45, 2.75) is 52.9 Å². The second kappa shape index (κ2) is 7.10. The molecule has 0 spiro atoms. The number of Topliss-reactive ketones (excluding diaryl/α,β-unsaturated/α-hetero) is 2. The molecule has 1 aliphatic carbocycles. The summed E-state index contributed by atoms with van der Waals surface area (Å²) >= 11 is 0. The number of carbonyl (C=O) groups is 2. The summed E-state index contributed by atoms with van der Waals surface area (Å²) in [5.74, 6) is 0.514. The van der Waals surface area contributed by atoms with Gasteiger partial charge in [0.15, 0.2) is 5.78 Å². The van der Waals surface area contributed by atoms with Crippen LogP contribution in [0.1, 0.15) is 61.5 Å². The van der Waals surface area contributed by atoms with Crippen molar-refractivity contribution in [3.05, 3.63) is 34.9 Å². The second-order valence-corrected chi connectivity index (χ2v) is 4.64. The van der Waals surface area contributed by atoms with Crippen LogP contribution >= 0.6 is 0 Å². The predicted octanol–water partition coefficient (Wildman–Crippen LogP) is 3.75. The number of hydrogen-bond donors (Lipinski definition) is 0. The molecule has 0 fully saturated rings. The molecule has 2 rings (SSSR count). The maximum Gasteiger partial charge on any atom is 0.159 e. The van der Waals surface area contributed by atoms with Gasteiger partial charge in [-0.3, -0.25) is 9.59 Å². The number of carbonyl (C=O) groups excluding carboxylic acids is 2. The van der Waals surface area contributed by atoms with Gasteiger partial charge in [0, 0.05) is 18.4 Å². The Labute approximate surface area is 109 Å². The van der Waals surface area contributed by atoms with Gasteiger partial charge in [-0.25, -0.2) is 0 Å². The van der Waals surface area contributed by atoms with Gasteiger partial charge < -0.3 is 0 Å². The van der Waals surface area contributed by atoms with E-state index < -0.39 is 0 Å². The van der Waals surface area contributed by atoms with Gasteiger partial charge in [-0.1, -0.05) is 26.0 Å². The highest BCUT2D eigenvalue weighted by atomic mass is 16.1.